The van der Waals surface area contributed by atoms with E-state index in [1.165, 1.54) is 6.92 Å². The molecule has 0 amide bonds. The van der Waals surface area contributed by atoms with Gasteiger partial charge in [0.1, 0.15) is 0 Å². The molecule has 0 aromatic heterocycles. The summed E-state index contributed by atoms with van der Waals surface area (Å²) in [5, 5.41) is 0. The Labute approximate surface area is 172 Å². The van der Waals surface area contributed by atoms with Crippen LogP contribution in [0.3, 0.4) is 0 Å². The summed E-state index contributed by atoms with van der Waals surface area (Å²) in [6.45, 7) is 5.01. The first-order valence-corrected chi connectivity index (χ1v) is 10.2. The summed E-state index contributed by atoms with van der Waals surface area (Å²) in [4.78, 5) is 46.3. The zero-order valence-corrected chi connectivity index (χ0v) is 17.8. The van der Waals surface area contributed by atoms with Crippen molar-refractivity contribution in [2.75, 3.05) is 26.4 Å². The van der Waals surface area contributed by atoms with Gasteiger partial charge in [-0.3, -0.25) is 0 Å². The minimum absolute atomic E-state index is 0.0568. The van der Waals surface area contributed by atoms with Gasteiger partial charge in [-0.05, 0) is 19.8 Å². The molecule has 166 valence electrons. The molecule has 29 heavy (non-hydrogen) atoms. The second kappa shape index (κ2) is 17.7. The summed E-state index contributed by atoms with van der Waals surface area (Å²) < 4.78 is 19.4. The molecule has 0 aromatic rings. The molecule has 0 heterocycles. The van der Waals surface area contributed by atoms with Gasteiger partial charge in [0.05, 0.1) is 13.2 Å². The van der Waals surface area contributed by atoms with E-state index in [9.17, 15) is 19.2 Å². The molecule has 0 aliphatic carbocycles. The SMILES string of the molecule is CCCCCCOC(=O)COC(=O)/C=C(/C)C(=O)OCC(=O)OCCCCCC. The van der Waals surface area contributed by atoms with Gasteiger partial charge < -0.3 is 18.9 Å². The fourth-order valence-electron chi connectivity index (χ4n) is 2.16. The average molecular weight is 414 g/mol. The molecule has 0 atom stereocenters. The highest BCUT2D eigenvalue weighted by atomic mass is 16.6. The normalized spacial score (nSPS) is 10.9. The Kier molecular flexibility index (Phi) is 16.2. The quantitative estimate of drug-likeness (QED) is 0.164. The Morgan fingerprint density at radius 3 is 1.62 bits per heavy atom. The molecule has 0 N–H and O–H groups in total. The first kappa shape index (κ1) is 26.6. The van der Waals surface area contributed by atoms with Gasteiger partial charge in [-0.25, -0.2) is 19.2 Å². The van der Waals surface area contributed by atoms with E-state index in [4.69, 9.17) is 18.9 Å². The summed E-state index contributed by atoms with van der Waals surface area (Å²) >= 11 is 0. The molecule has 0 aliphatic heterocycles. The molecule has 0 spiro atoms. The average Bonchev–Trinajstić information content (AvgIpc) is 2.70. The van der Waals surface area contributed by atoms with Crippen LogP contribution in [0.4, 0.5) is 0 Å². The zero-order valence-electron chi connectivity index (χ0n) is 17.8. The fourth-order valence-corrected chi connectivity index (χ4v) is 2.16. The van der Waals surface area contributed by atoms with Gasteiger partial charge in [-0.15, -0.1) is 0 Å². The molecule has 8 heteroatoms. The van der Waals surface area contributed by atoms with Crippen LogP contribution in [0.5, 0.6) is 0 Å². The van der Waals surface area contributed by atoms with Crippen molar-refractivity contribution in [1.29, 1.82) is 0 Å². The highest BCUT2D eigenvalue weighted by Gasteiger charge is 2.13. The van der Waals surface area contributed by atoms with Crippen molar-refractivity contribution in [3.8, 4) is 0 Å². The zero-order chi connectivity index (χ0) is 21.9. The molecule has 0 unspecified atom stereocenters. The first-order chi connectivity index (χ1) is 13.9. The Balaban J connectivity index is 4.00. The molecule has 0 saturated carbocycles. The highest BCUT2D eigenvalue weighted by Crippen LogP contribution is 2.02. The van der Waals surface area contributed by atoms with Gasteiger partial charge in [0.25, 0.3) is 0 Å². The minimum atomic E-state index is -0.874. The van der Waals surface area contributed by atoms with Crippen LogP contribution in [-0.4, -0.2) is 50.3 Å². The number of esters is 4. The molecular formula is C21H34O8. The molecular weight excluding hydrogens is 380 g/mol. The van der Waals surface area contributed by atoms with E-state index in [1.54, 1.807) is 0 Å². The van der Waals surface area contributed by atoms with Crippen molar-refractivity contribution in [3.05, 3.63) is 11.6 Å². The van der Waals surface area contributed by atoms with E-state index >= 15 is 0 Å². The van der Waals surface area contributed by atoms with Crippen molar-refractivity contribution in [2.24, 2.45) is 0 Å². The van der Waals surface area contributed by atoms with Gasteiger partial charge in [-0.1, -0.05) is 52.4 Å². The van der Waals surface area contributed by atoms with E-state index in [0.29, 0.717) is 0 Å². The van der Waals surface area contributed by atoms with Crippen molar-refractivity contribution < 1.29 is 38.1 Å². The molecule has 0 saturated heterocycles. The van der Waals surface area contributed by atoms with Crippen LogP contribution in [0.25, 0.3) is 0 Å². The maximum absolute atomic E-state index is 11.8. The van der Waals surface area contributed by atoms with Crippen molar-refractivity contribution in [2.45, 2.75) is 72.1 Å². The van der Waals surface area contributed by atoms with Gasteiger partial charge in [0.2, 0.25) is 0 Å². The Hall–Kier alpha value is -2.38. The van der Waals surface area contributed by atoms with Crippen molar-refractivity contribution in [1.82, 2.24) is 0 Å². The van der Waals surface area contributed by atoms with Crippen LogP contribution < -0.4 is 0 Å². The fraction of sp³-hybridized carbons (Fsp3) is 0.714. The second-order valence-electron chi connectivity index (χ2n) is 6.57. The molecule has 0 fully saturated rings. The molecule has 8 nitrogen and oxygen atoms in total. The maximum atomic E-state index is 11.8. The Bertz CT molecular complexity index is 539. The van der Waals surface area contributed by atoms with Crippen LogP contribution in [0, 0.1) is 0 Å². The third-order valence-electron chi connectivity index (χ3n) is 3.83. The summed E-state index contributed by atoms with van der Waals surface area (Å²) in [6, 6.07) is 0. The lowest BCUT2D eigenvalue weighted by atomic mass is 10.2. The summed E-state index contributed by atoms with van der Waals surface area (Å²) in [5.41, 5.74) is -0.0568. The third-order valence-corrected chi connectivity index (χ3v) is 3.83. The monoisotopic (exact) mass is 414 g/mol. The largest absolute Gasteiger partial charge is 0.463 e. The molecule has 0 radical (unpaired) electrons. The molecule has 0 bridgehead atoms. The first-order valence-electron chi connectivity index (χ1n) is 10.2. The van der Waals surface area contributed by atoms with E-state index in [0.717, 1.165) is 57.4 Å². The summed E-state index contributed by atoms with van der Waals surface area (Å²) in [6.07, 6.45) is 8.68. The van der Waals surface area contributed by atoms with Gasteiger partial charge in [-0.2, -0.15) is 0 Å². The van der Waals surface area contributed by atoms with Crippen LogP contribution in [-0.2, 0) is 38.1 Å². The molecule has 0 aliphatic rings. The van der Waals surface area contributed by atoms with E-state index in [-0.39, 0.29) is 18.8 Å². The molecule has 0 aromatic carbocycles. The Morgan fingerprint density at radius 2 is 1.14 bits per heavy atom. The van der Waals surface area contributed by atoms with Gasteiger partial charge in [0.15, 0.2) is 13.2 Å². The predicted molar refractivity (Wildman–Crippen MR) is 106 cm³/mol. The van der Waals surface area contributed by atoms with Crippen molar-refractivity contribution in [3.63, 3.8) is 0 Å². The maximum Gasteiger partial charge on any atom is 0.344 e. The highest BCUT2D eigenvalue weighted by molar-refractivity contribution is 5.96. The van der Waals surface area contributed by atoms with E-state index < -0.39 is 37.1 Å². The second-order valence-corrected chi connectivity index (χ2v) is 6.57. The van der Waals surface area contributed by atoms with Crippen LogP contribution in [0.2, 0.25) is 0 Å². The van der Waals surface area contributed by atoms with E-state index in [2.05, 4.69) is 13.8 Å². The van der Waals surface area contributed by atoms with Crippen LogP contribution in [0.15, 0.2) is 11.6 Å². The number of hydrogen-bond acceptors (Lipinski definition) is 8. The van der Waals surface area contributed by atoms with Gasteiger partial charge in [0, 0.05) is 11.6 Å². The van der Waals surface area contributed by atoms with E-state index in [1.807, 2.05) is 0 Å². The number of carbonyl (C=O) groups excluding carboxylic acids is 4. The third kappa shape index (κ3) is 16.3. The lowest BCUT2D eigenvalue weighted by molar-refractivity contribution is -0.157. The minimum Gasteiger partial charge on any atom is -0.463 e. The van der Waals surface area contributed by atoms with Crippen LogP contribution >= 0.6 is 0 Å². The smallest absolute Gasteiger partial charge is 0.344 e. The number of rotatable bonds is 16. The summed E-state index contributed by atoms with van der Waals surface area (Å²) in [5.74, 6) is -3.01. The topological polar surface area (TPSA) is 105 Å². The van der Waals surface area contributed by atoms with Gasteiger partial charge >= 0.3 is 23.9 Å². The number of hydrogen-bond donors (Lipinski definition) is 0. The molecule has 0 rings (SSSR count). The summed E-state index contributed by atoms with van der Waals surface area (Å²) in [7, 11) is 0. The van der Waals surface area contributed by atoms with Crippen molar-refractivity contribution >= 4 is 23.9 Å². The number of unbranched alkanes of at least 4 members (excludes halogenated alkanes) is 6. The van der Waals surface area contributed by atoms with Crippen LogP contribution in [0.1, 0.15) is 72.1 Å². The lowest BCUT2D eigenvalue weighted by Crippen LogP contribution is -2.19. The Morgan fingerprint density at radius 1 is 0.655 bits per heavy atom. The predicted octanol–water partition coefficient (Wildman–Crippen LogP) is 3.27. The lowest BCUT2D eigenvalue weighted by Gasteiger charge is -2.07. The number of carbonyl (C=O) groups is 4. The standard InChI is InChI=1S/C21H34O8/c1-4-6-8-10-12-26-19(23)15-28-18(22)14-17(3)21(25)29-16-20(24)27-13-11-9-7-5-2/h14H,4-13,15-16H2,1-3H3/b17-14-. The number of ether oxygens (including phenoxy) is 4.